The average Bonchev–Trinajstić information content (AvgIpc) is 3.04. The Morgan fingerprint density at radius 2 is 1.84 bits per heavy atom. The highest BCUT2D eigenvalue weighted by molar-refractivity contribution is 6.46. The topological polar surface area (TPSA) is 84.2 Å². The van der Waals surface area contributed by atoms with E-state index >= 15 is 0 Å². The predicted octanol–water partition coefficient (Wildman–Crippen LogP) is 1.75. The number of ether oxygens (including phenoxy) is 1. The molecule has 1 fully saturated rings. The number of ketones is 1. The van der Waals surface area contributed by atoms with E-state index in [-0.39, 0.29) is 11.3 Å². The minimum absolute atomic E-state index is 0.110. The number of Topliss-reactive ketones (excluding diaryl/α,β-unsaturated/α-hetero) is 1. The lowest BCUT2D eigenvalue weighted by atomic mass is 9.94. The molecule has 0 saturated carbocycles. The van der Waals surface area contributed by atoms with Crippen molar-refractivity contribution in [3.05, 3.63) is 65.0 Å². The number of amides is 1. The number of nitrogens with zero attached hydrogens (tertiary/aromatic N) is 2. The zero-order valence-electron chi connectivity index (χ0n) is 18.5. The van der Waals surface area contributed by atoms with Gasteiger partial charge < -0.3 is 19.6 Å². The summed E-state index contributed by atoms with van der Waals surface area (Å²) in [5.74, 6) is -0.759. The summed E-state index contributed by atoms with van der Waals surface area (Å²) >= 11 is 0. The van der Waals surface area contributed by atoms with Crippen LogP contribution in [0.5, 0.6) is 5.75 Å². The number of rotatable bonds is 8. The molecule has 31 heavy (non-hydrogen) atoms. The number of hydrogen-bond acceptors (Lipinski definition) is 5. The van der Waals surface area contributed by atoms with Gasteiger partial charge in [-0.2, -0.15) is 0 Å². The first-order valence-corrected chi connectivity index (χ1v) is 10.6. The zero-order valence-corrected chi connectivity index (χ0v) is 18.5. The van der Waals surface area contributed by atoms with Crippen molar-refractivity contribution in [1.29, 1.82) is 0 Å². The lowest BCUT2D eigenvalue weighted by Gasteiger charge is -2.26. The number of quaternary nitrogens is 1. The van der Waals surface area contributed by atoms with Crippen LogP contribution in [0.2, 0.25) is 0 Å². The molecule has 1 aliphatic heterocycles. The van der Waals surface area contributed by atoms with Crippen molar-refractivity contribution in [3.63, 3.8) is 0 Å². The lowest BCUT2D eigenvalue weighted by molar-refractivity contribution is -0.895. The Hall–Kier alpha value is -3.19. The van der Waals surface area contributed by atoms with E-state index in [1.807, 2.05) is 6.92 Å². The van der Waals surface area contributed by atoms with Crippen LogP contribution >= 0.6 is 0 Å². The SMILES string of the molecule is CC[NH+](CC)CCN1C(=O)C(=O)C(=C(O)c2ccc(OC)cc2C)[C@@H]1c1ccncc1. The summed E-state index contributed by atoms with van der Waals surface area (Å²) in [6.45, 7) is 9.05. The van der Waals surface area contributed by atoms with Gasteiger partial charge in [0, 0.05) is 18.0 Å². The summed E-state index contributed by atoms with van der Waals surface area (Å²) in [5.41, 5.74) is 2.12. The van der Waals surface area contributed by atoms with Crippen LogP contribution in [0, 0.1) is 6.92 Å². The number of carbonyl (C=O) groups is 2. The number of hydrogen-bond donors (Lipinski definition) is 2. The Balaban J connectivity index is 2.10. The first-order chi connectivity index (χ1) is 14.9. The minimum atomic E-state index is -0.663. The van der Waals surface area contributed by atoms with Crippen molar-refractivity contribution < 1.29 is 24.3 Å². The molecule has 0 unspecified atom stereocenters. The highest BCUT2D eigenvalue weighted by atomic mass is 16.5. The Kier molecular flexibility index (Phi) is 7.07. The fraction of sp³-hybridized carbons (Fsp3) is 0.375. The highest BCUT2D eigenvalue weighted by Crippen LogP contribution is 2.39. The van der Waals surface area contributed by atoms with Crippen LogP contribution in [-0.2, 0) is 9.59 Å². The van der Waals surface area contributed by atoms with Crippen molar-refractivity contribution >= 4 is 17.4 Å². The fourth-order valence-electron chi connectivity index (χ4n) is 4.06. The van der Waals surface area contributed by atoms with Crippen LogP contribution in [0.25, 0.3) is 5.76 Å². The van der Waals surface area contributed by atoms with Gasteiger partial charge in [-0.25, -0.2) is 0 Å². The Morgan fingerprint density at radius 3 is 2.42 bits per heavy atom. The third kappa shape index (κ3) is 4.46. The molecule has 0 bridgehead atoms. The smallest absolute Gasteiger partial charge is 0.295 e. The number of pyridine rings is 1. The van der Waals surface area contributed by atoms with Crippen LogP contribution in [-0.4, -0.2) is 60.0 Å². The van der Waals surface area contributed by atoms with Gasteiger partial charge in [-0.1, -0.05) is 0 Å². The zero-order chi connectivity index (χ0) is 22.5. The second kappa shape index (κ2) is 9.75. The maximum atomic E-state index is 13.1. The van der Waals surface area contributed by atoms with Gasteiger partial charge in [-0.05, 0) is 62.2 Å². The summed E-state index contributed by atoms with van der Waals surface area (Å²) in [5, 5.41) is 11.2. The summed E-state index contributed by atoms with van der Waals surface area (Å²) in [6.07, 6.45) is 3.26. The second-order valence-electron chi connectivity index (χ2n) is 7.66. The van der Waals surface area contributed by atoms with Crippen LogP contribution in [0.1, 0.15) is 36.6 Å². The van der Waals surface area contributed by atoms with Gasteiger partial charge in [0.25, 0.3) is 11.7 Å². The van der Waals surface area contributed by atoms with Gasteiger partial charge in [0.1, 0.15) is 11.5 Å². The van der Waals surface area contributed by atoms with Gasteiger partial charge in [0.2, 0.25) is 0 Å². The quantitative estimate of drug-likeness (QED) is 0.383. The van der Waals surface area contributed by atoms with Gasteiger partial charge in [0.15, 0.2) is 0 Å². The lowest BCUT2D eigenvalue weighted by Crippen LogP contribution is -3.12. The molecule has 1 saturated heterocycles. The largest absolute Gasteiger partial charge is 0.507 e. The van der Waals surface area contributed by atoms with Gasteiger partial charge in [0.05, 0.1) is 44.9 Å². The molecule has 1 aromatic heterocycles. The molecular formula is C24H30N3O4+. The molecule has 1 aromatic carbocycles. The molecule has 1 atom stereocenters. The van der Waals surface area contributed by atoms with E-state index in [9.17, 15) is 14.7 Å². The number of aryl methyl sites for hydroxylation is 1. The average molecular weight is 425 g/mol. The number of benzene rings is 1. The molecule has 2 N–H and O–H groups in total. The number of carbonyl (C=O) groups excluding carboxylic acids is 2. The van der Waals surface area contributed by atoms with E-state index in [4.69, 9.17) is 4.74 Å². The number of likely N-dealkylation sites (tertiary alicyclic amines) is 1. The molecule has 164 valence electrons. The summed E-state index contributed by atoms with van der Waals surface area (Å²) in [7, 11) is 1.57. The molecule has 7 nitrogen and oxygen atoms in total. The van der Waals surface area contributed by atoms with Crippen LogP contribution in [0.4, 0.5) is 0 Å². The number of likely N-dealkylation sites (N-methyl/N-ethyl adjacent to an activating group) is 1. The van der Waals surface area contributed by atoms with Crippen LogP contribution < -0.4 is 9.64 Å². The Labute approximate surface area is 183 Å². The van der Waals surface area contributed by atoms with E-state index in [2.05, 4.69) is 18.8 Å². The van der Waals surface area contributed by atoms with Crippen molar-refractivity contribution in [2.75, 3.05) is 33.3 Å². The van der Waals surface area contributed by atoms with Crippen molar-refractivity contribution in [3.8, 4) is 5.75 Å². The number of aliphatic hydroxyl groups excluding tert-OH is 1. The molecule has 7 heteroatoms. The molecule has 2 heterocycles. The number of aromatic nitrogens is 1. The number of nitrogens with one attached hydrogen (secondary N) is 1. The van der Waals surface area contributed by atoms with Gasteiger partial charge in [-0.15, -0.1) is 0 Å². The number of aliphatic hydroxyl groups is 1. The van der Waals surface area contributed by atoms with Gasteiger partial charge >= 0.3 is 0 Å². The van der Waals surface area contributed by atoms with E-state index < -0.39 is 17.7 Å². The molecule has 0 radical (unpaired) electrons. The van der Waals surface area contributed by atoms with Crippen molar-refractivity contribution in [2.45, 2.75) is 26.8 Å². The summed E-state index contributed by atoms with van der Waals surface area (Å²) in [4.78, 5) is 33.0. The Morgan fingerprint density at radius 1 is 1.16 bits per heavy atom. The molecular weight excluding hydrogens is 394 g/mol. The molecule has 0 aliphatic carbocycles. The normalized spacial score (nSPS) is 18.1. The third-order valence-corrected chi connectivity index (χ3v) is 5.96. The van der Waals surface area contributed by atoms with Gasteiger partial charge in [-0.3, -0.25) is 14.6 Å². The Bertz CT molecular complexity index is 984. The molecule has 3 rings (SSSR count). The van der Waals surface area contributed by atoms with Crippen LogP contribution in [0.3, 0.4) is 0 Å². The van der Waals surface area contributed by atoms with E-state index in [1.165, 1.54) is 4.90 Å². The van der Waals surface area contributed by atoms with Crippen LogP contribution in [0.15, 0.2) is 48.3 Å². The first kappa shape index (κ1) is 22.5. The summed E-state index contributed by atoms with van der Waals surface area (Å²) < 4.78 is 5.24. The first-order valence-electron chi connectivity index (χ1n) is 10.6. The van der Waals surface area contributed by atoms with E-state index in [0.717, 1.165) is 30.8 Å². The second-order valence-corrected chi connectivity index (χ2v) is 7.66. The monoisotopic (exact) mass is 424 g/mol. The molecule has 0 spiro atoms. The third-order valence-electron chi connectivity index (χ3n) is 5.96. The molecule has 1 aliphatic rings. The highest BCUT2D eigenvalue weighted by Gasteiger charge is 2.46. The molecule has 2 aromatic rings. The van der Waals surface area contributed by atoms with E-state index in [1.54, 1.807) is 54.7 Å². The van der Waals surface area contributed by atoms with Crippen molar-refractivity contribution in [1.82, 2.24) is 9.88 Å². The van der Waals surface area contributed by atoms with Crippen molar-refractivity contribution in [2.24, 2.45) is 0 Å². The predicted molar refractivity (Wildman–Crippen MR) is 118 cm³/mol. The number of methoxy groups -OCH3 is 1. The maximum Gasteiger partial charge on any atom is 0.295 e. The fourth-order valence-corrected chi connectivity index (χ4v) is 4.06. The van der Waals surface area contributed by atoms with E-state index in [0.29, 0.717) is 17.9 Å². The molecule has 1 amide bonds. The minimum Gasteiger partial charge on any atom is -0.507 e. The standard InChI is InChI=1S/C24H29N3O4/c1-5-26(6-2)13-14-27-21(17-9-11-25-12-10-17)20(23(29)24(27)30)22(28)19-8-7-18(31-4)15-16(19)3/h7-12,15,21,28H,5-6,13-14H2,1-4H3/p+1/t21-/m0/s1. The maximum absolute atomic E-state index is 13.1. The summed E-state index contributed by atoms with van der Waals surface area (Å²) in [6, 6.07) is 8.13.